The minimum Gasteiger partial charge on any atom is -0.506 e. The van der Waals surface area contributed by atoms with E-state index >= 15 is 4.39 Å². The molecule has 0 bridgehead atoms. The molecule has 5 aromatic carbocycles. The number of phenolic OH excluding ortho intramolecular Hbond substituents is 1. The summed E-state index contributed by atoms with van der Waals surface area (Å²) in [5, 5.41) is 36.9. The van der Waals surface area contributed by atoms with Gasteiger partial charge in [-0.1, -0.05) is 91.0 Å². The van der Waals surface area contributed by atoms with Crippen molar-refractivity contribution in [3.63, 3.8) is 0 Å². The van der Waals surface area contributed by atoms with E-state index in [9.17, 15) is 29.7 Å². The molecule has 0 spiro atoms. The number of thiophene rings is 1. The maximum absolute atomic E-state index is 15.3. The van der Waals surface area contributed by atoms with E-state index in [1.54, 1.807) is 48.5 Å². The number of aryl methyl sites for hydroxylation is 1. The summed E-state index contributed by atoms with van der Waals surface area (Å²) in [5.74, 6) is -1.58. The van der Waals surface area contributed by atoms with Gasteiger partial charge in [0.15, 0.2) is 5.78 Å². The number of rotatable bonds is 17. The van der Waals surface area contributed by atoms with Crippen LogP contribution >= 0.6 is 11.3 Å². The predicted octanol–water partition coefficient (Wildman–Crippen LogP) is 8.43. The Morgan fingerprint density at radius 1 is 0.859 bits per heavy atom. The number of hydrogen-bond donors (Lipinski definition) is 5. The zero-order valence-electron chi connectivity index (χ0n) is 35.2. The van der Waals surface area contributed by atoms with Gasteiger partial charge in [0.25, 0.3) is 0 Å². The molecule has 328 valence electrons. The zero-order valence-corrected chi connectivity index (χ0v) is 36.0. The van der Waals surface area contributed by atoms with Gasteiger partial charge in [-0.3, -0.25) is 14.5 Å². The molecule has 0 radical (unpaired) electrons. The van der Waals surface area contributed by atoms with Crippen molar-refractivity contribution in [2.45, 2.75) is 50.5 Å². The number of benzene rings is 5. The minimum atomic E-state index is -2.04. The lowest BCUT2D eigenvalue weighted by molar-refractivity contribution is -0.164. The Hall–Kier alpha value is -6.28. The molecule has 3 heterocycles. The van der Waals surface area contributed by atoms with E-state index in [1.165, 1.54) is 41.2 Å². The molecule has 1 fully saturated rings. The van der Waals surface area contributed by atoms with Gasteiger partial charge in [-0.15, -0.1) is 11.3 Å². The molecule has 0 aliphatic carbocycles. The molecule has 10 nitrogen and oxygen atoms in total. The number of aromatic nitrogens is 1. The van der Waals surface area contributed by atoms with Crippen LogP contribution < -0.4 is 10.9 Å². The first kappa shape index (κ1) is 44.3. The fraction of sp³-hybridized carbons (Fsp3) is 0.250. The standard InChI is InChI=1S/C52H50FN3O7S/c53-44-28-36(30-54-31-47(59)41-18-21-46(58)50-42(41)19-23-49(60)55-50)14-17-43(44)45(57)20-15-40-16-22-48(64-40)37-10-7-13-39(29-37)52(62,38-11-5-2-6-12-38)51(61)63-33-35-24-26-56(27-25-35)32-34-8-3-1-4-9-34/h1-14,16-19,21-23,28-29,35,47,54,58-59,62H,15,20,24-27,30-33H2,(H,55,60)/t47-,52-/m0/s1. The molecule has 1 aliphatic heterocycles. The number of halogens is 1. The number of aromatic hydroxyl groups is 1. The number of aliphatic hydroxyl groups excluding tert-OH is 1. The van der Waals surface area contributed by atoms with Crippen LogP contribution in [-0.4, -0.2) is 63.2 Å². The lowest BCUT2D eigenvalue weighted by Crippen LogP contribution is -2.40. The van der Waals surface area contributed by atoms with Crippen LogP contribution in [0.4, 0.5) is 4.39 Å². The van der Waals surface area contributed by atoms with Crippen LogP contribution in [0, 0.1) is 11.7 Å². The summed E-state index contributed by atoms with van der Waals surface area (Å²) < 4.78 is 21.2. The van der Waals surface area contributed by atoms with Crippen molar-refractivity contribution in [2.24, 2.45) is 5.92 Å². The van der Waals surface area contributed by atoms with Gasteiger partial charge in [0.1, 0.15) is 11.6 Å². The van der Waals surface area contributed by atoms with Crippen LogP contribution in [0.15, 0.2) is 144 Å². The quantitative estimate of drug-likeness (QED) is 0.0449. The van der Waals surface area contributed by atoms with E-state index in [0.29, 0.717) is 34.1 Å². The number of H-pyrrole nitrogens is 1. The number of esters is 1. The number of phenols is 1. The van der Waals surface area contributed by atoms with Gasteiger partial charge < -0.3 is 30.4 Å². The summed E-state index contributed by atoms with van der Waals surface area (Å²) >= 11 is 1.49. The summed E-state index contributed by atoms with van der Waals surface area (Å²) in [6.07, 6.45) is 1.31. The Balaban J connectivity index is 0.862. The maximum Gasteiger partial charge on any atom is 0.347 e. The van der Waals surface area contributed by atoms with Crippen LogP contribution in [0.5, 0.6) is 5.75 Å². The molecule has 0 saturated carbocycles. The number of carbonyl (C=O) groups excluding carboxylic acids is 2. The molecule has 2 aromatic heterocycles. The third kappa shape index (κ3) is 10.2. The summed E-state index contributed by atoms with van der Waals surface area (Å²) in [7, 11) is 0. The van der Waals surface area contributed by atoms with Gasteiger partial charge in [-0.2, -0.15) is 0 Å². The number of hydrogen-bond acceptors (Lipinski definition) is 10. The number of aliphatic hydroxyl groups is 2. The molecule has 1 aliphatic rings. The Morgan fingerprint density at radius 2 is 1.61 bits per heavy atom. The molecule has 0 amide bonds. The number of ether oxygens (including phenoxy) is 1. The fourth-order valence-corrected chi connectivity index (χ4v) is 9.38. The van der Waals surface area contributed by atoms with Crippen molar-refractivity contribution in [1.82, 2.24) is 15.2 Å². The first-order chi connectivity index (χ1) is 31.0. The molecule has 0 unspecified atom stereocenters. The number of likely N-dealkylation sites (tertiary alicyclic amines) is 1. The second-order valence-corrected chi connectivity index (χ2v) is 17.6. The average Bonchev–Trinajstić information content (AvgIpc) is 3.80. The largest absolute Gasteiger partial charge is 0.506 e. The second kappa shape index (κ2) is 20.0. The smallest absolute Gasteiger partial charge is 0.347 e. The third-order valence-electron chi connectivity index (χ3n) is 12.0. The van der Waals surface area contributed by atoms with Gasteiger partial charge >= 0.3 is 5.97 Å². The minimum absolute atomic E-state index is 0.00146. The topological polar surface area (TPSA) is 152 Å². The number of piperidine rings is 1. The van der Waals surface area contributed by atoms with E-state index in [2.05, 4.69) is 39.5 Å². The van der Waals surface area contributed by atoms with Crippen LogP contribution in [0.2, 0.25) is 0 Å². The maximum atomic E-state index is 15.3. The first-order valence-electron chi connectivity index (χ1n) is 21.5. The van der Waals surface area contributed by atoms with Crippen molar-refractivity contribution in [3.05, 3.63) is 194 Å². The van der Waals surface area contributed by atoms with Crippen LogP contribution in [0.1, 0.15) is 68.4 Å². The van der Waals surface area contributed by atoms with Crippen molar-refractivity contribution >= 4 is 34.0 Å². The van der Waals surface area contributed by atoms with Crippen molar-refractivity contribution in [2.75, 3.05) is 26.2 Å². The molecule has 8 rings (SSSR count). The molecular weight excluding hydrogens is 830 g/mol. The van der Waals surface area contributed by atoms with Crippen LogP contribution in [-0.2, 0) is 34.6 Å². The SMILES string of the molecule is O=C(CCc1ccc(-c2cccc([C@](O)(C(=O)OCC3CCN(Cc4ccccc4)CC3)c3ccccc3)c2)s1)c1ccc(CNC[C@H](O)c2ccc(O)c3[nH]c(=O)ccc23)cc1F. The number of ketones is 1. The number of Topliss-reactive ketones (excluding diaryl/α,β-unsaturated/α-hetero) is 1. The number of nitrogens with one attached hydrogen (secondary N) is 2. The van der Waals surface area contributed by atoms with E-state index in [4.69, 9.17) is 4.74 Å². The highest BCUT2D eigenvalue weighted by molar-refractivity contribution is 7.15. The summed E-state index contributed by atoms with van der Waals surface area (Å²) in [5.41, 5.74) is 1.80. The third-order valence-corrected chi connectivity index (χ3v) is 13.2. The van der Waals surface area contributed by atoms with E-state index < -0.39 is 23.5 Å². The van der Waals surface area contributed by atoms with Gasteiger partial charge in [-0.05, 0) is 109 Å². The van der Waals surface area contributed by atoms with Crippen molar-refractivity contribution in [3.8, 4) is 16.2 Å². The highest BCUT2D eigenvalue weighted by Crippen LogP contribution is 2.37. The van der Waals surface area contributed by atoms with Crippen molar-refractivity contribution < 1.29 is 34.0 Å². The van der Waals surface area contributed by atoms with E-state index in [-0.39, 0.29) is 60.2 Å². The van der Waals surface area contributed by atoms with E-state index in [0.717, 1.165) is 47.8 Å². The van der Waals surface area contributed by atoms with Crippen LogP contribution in [0.3, 0.4) is 0 Å². The van der Waals surface area contributed by atoms with Gasteiger partial charge in [-0.25, -0.2) is 9.18 Å². The molecule has 7 aromatic rings. The fourth-order valence-electron chi connectivity index (χ4n) is 8.38. The number of carbonyl (C=O) groups is 2. The van der Waals surface area contributed by atoms with Crippen molar-refractivity contribution in [1.29, 1.82) is 0 Å². The van der Waals surface area contributed by atoms with Crippen LogP contribution in [0.25, 0.3) is 21.3 Å². The molecule has 2 atom stereocenters. The number of fused-ring (bicyclic) bond motifs is 1. The normalized spacial score (nSPS) is 14.9. The molecule has 5 N–H and O–H groups in total. The monoisotopic (exact) mass is 879 g/mol. The van der Waals surface area contributed by atoms with Gasteiger partial charge in [0, 0.05) is 52.8 Å². The Labute approximate surface area is 374 Å². The molecule has 1 saturated heterocycles. The molecular formula is C52H50FN3O7S. The lowest BCUT2D eigenvalue weighted by Gasteiger charge is -2.33. The molecule has 12 heteroatoms. The number of aromatic amines is 1. The Kier molecular flexibility index (Phi) is 13.9. The summed E-state index contributed by atoms with van der Waals surface area (Å²) in [4.78, 5) is 45.8. The highest BCUT2D eigenvalue weighted by Gasteiger charge is 2.42. The number of pyridine rings is 1. The summed E-state index contributed by atoms with van der Waals surface area (Å²) in [6, 6.07) is 40.7. The summed E-state index contributed by atoms with van der Waals surface area (Å²) in [6.45, 7) is 3.28. The van der Waals surface area contributed by atoms with Gasteiger partial charge in [0.05, 0.1) is 23.8 Å². The first-order valence-corrected chi connectivity index (χ1v) is 22.3. The lowest BCUT2D eigenvalue weighted by atomic mass is 9.85. The highest BCUT2D eigenvalue weighted by atomic mass is 32.1. The number of nitrogens with zero attached hydrogens (tertiary/aromatic N) is 1. The zero-order chi connectivity index (χ0) is 44.6. The van der Waals surface area contributed by atoms with E-state index in [1.807, 2.05) is 42.5 Å². The molecule has 64 heavy (non-hydrogen) atoms. The average molecular weight is 880 g/mol. The second-order valence-electron chi connectivity index (χ2n) is 16.4. The predicted molar refractivity (Wildman–Crippen MR) is 247 cm³/mol. The Bertz CT molecular complexity index is 2790. The van der Waals surface area contributed by atoms with Gasteiger partial charge in [0.2, 0.25) is 11.2 Å². The Morgan fingerprint density at radius 3 is 2.38 bits per heavy atom.